The molecule has 0 spiro atoms. The highest BCUT2D eigenvalue weighted by molar-refractivity contribution is 6.04. The number of likely N-dealkylation sites (tertiary alicyclic amines) is 1. The average molecular weight is 793 g/mol. The van der Waals surface area contributed by atoms with Crippen LogP contribution in [0.5, 0.6) is 0 Å². The molecule has 0 radical (unpaired) electrons. The van der Waals surface area contributed by atoms with Gasteiger partial charge in [-0.2, -0.15) is 18.3 Å². The van der Waals surface area contributed by atoms with E-state index < -0.39 is 47.4 Å². The normalized spacial score (nSPS) is 21.4. The monoisotopic (exact) mass is 792 g/mol. The molecule has 1 aliphatic carbocycles. The van der Waals surface area contributed by atoms with Gasteiger partial charge in [-0.3, -0.25) is 33.5 Å². The van der Waals surface area contributed by atoms with Gasteiger partial charge in [0.05, 0.1) is 28.3 Å². The van der Waals surface area contributed by atoms with Crippen LogP contribution in [0.15, 0.2) is 59.5 Å². The van der Waals surface area contributed by atoms with Crippen LogP contribution in [0.4, 0.5) is 27.6 Å². The number of anilines is 1. The third-order valence-corrected chi connectivity index (χ3v) is 11.8. The Morgan fingerprint density at radius 1 is 0.947 bits per heavy atom. The van der Waals surface area contributed by atoms with Gasteiger partial charge in [0.2, 0.25) is 11.8 Å². The van der Waals surface area contributed by atoms with Gasteiger partial charge in [-0.05, 0) is 112 Å². The van der Waals surface area contributed by atoms with Gasteiger partial charge in [0.1, 0.15) is 17.4 Å². The van der Waals surface area contributed by atoms with E-state index in [2.05, 4.69) is 31.7 Å². The van der Waals surface area contributed by atoms with Crippen LogP contribution in [0, 0.1) is 5.92 Å². The molecule has 5 heterocycles. The molecular weight excluding hydrogens is 751 g/mol. The first-order chi connectivity index (χ1) is 27.2. The van der Waals surface area contributed by atoms with Crippen LogP contribution in [-0.2, 0) is 22.8 Å². The zero-order valence-electron chi connectivity index (χ0n) is 31.1. The van der Waals surface area contributed by atoms with E-state index in [0.29, 0.717) is 28.3 Å². The van der Waals surface area contributed by atoms with E-state index in [9.17, 15) is 41.1 Å². The molecule has 3 aromatic heterocycles. The van der Waals surface area contributed by atoms with E-state index in [4.69, 9.17) is 0 Å². The number of alkyl halides is 5. The third-order valence-electron chi connectivity index (χ3n) is 11.8. The highest BCUT2D eigenvalue weighted by Gasteiger charge is 2.34. The Morgan fingerprint density at radius 2 is 1.70 bits per heavy atom. The fourth-order valence-corrected chi connectivity index (χ4v) is 8.76. The summed E-state index contributed by atoms with van der Waals surface area (Å²) in [6.45, 7) is 2.86. The summed E-state index contributed by atoms with van der Waals surface area (Å²) in [6, 6.07) is 10.8. The number of hydrogen-bond acceptors (Lipinski definition) is 7. The predicted molar refractivity (Wildman–Crippen MR) is 200 cm³/mol. The number of aromatic nitrogens is 5. The molecule has 57 heavy (non-hydrogen) atoms. The minimum absolute atomic E-state index is 0.0671. The largest absolute Gasteiger partial charge is 0.433 e. The maximum Gasteiger partial charge on any atom is 0.433 e. The van der Waals surface area contributed by atoms with Gasteiger partial charge in [0, 0.05) is 37.2 Å². The molecule has 3 amide bonds. The van der Waals surface area contributed by atoms with Crippen molar-refractivity contribution >= 4 is 45.3 Å². The van der Waals surface area contributed by atoms with Crippen molar-refractivity contribution in [3.8, 4) is 0 Å². The van der Waals surface area contributed by atoms with Crippen molar-refractivity contribution in [1.82, 2.24) is 34.1 Å². The van der Waals surface area contributed by atoms with Crippen molar-refractivity contribution < 1.29 is 36.3 Å². The number of aryl methyl sites for hydroxylation is 1. The van der Waals surface area contributed by atoms with Gasteiger partial charge >= 0.3 is 11.9 Å². The molecule has 2 aliphatic heterocycles. The maximum atomic E-state index is 14.1. The lowest BCUT2D eigenvalue weighted by Gasteiger charge is -2.36. The molecule has 3 fully saturated rings. The van der Waals surface area contributed by atoms with Gasteiger partial charge in [-0.1, -0.05) is 12.1 Å². The number of amides is 3. The summed E-state index contributed by atoms with van der Waals surface area (Å²) in [5, 5.41) is 9.80. The second-order valence-corrected chi connectivity index (χ2v) is 15.4. The van der Waals surface area contributed by atoms with Crippen LogP contribution in [-0.4, -0.2) is 66.2 Å². The molecule has 17 heteroatoms. The Hall–Kier alpha value is -5.45. The highest BCUT2D eigenvalue weighted by Crippen LogP contribution is 2.38. The summed E-state index contributed by atoms with van der Waals surface area (Å²) in [7, 11) is 1.71. The lowest BCUT2D eigenvalue weighted by Crippen LogP contribution is -2.44. The SMILES string of the molecule is Cn1c(=O)n(C2CCC(=O)NC2=O)c2ccc(C3CCN(C[C@H]4CC[C@H](n5cc6cc(NC(=O)c7cccc(C(F)(F)F)n7)c(C(F)F)cc6n5)CC4)CC3)cc21. The van der Waals surface area contributed by atoms with Gasteiger partial charge in [0.15, 0.2) is 0 Å². The molecule has 1 saturated carbocycles. The van der Waals surface area contributed by atoms with Crippen LogP contribution in [0.3, 0.4) is 0 Å². The summed E-state index contributed by atoms with van der Waals surface area (Å²) >= 11 is 0. The first kappa shape index (κ1) is 38.4. The topological polar surface area (TPSA) is 136 Å². The fourth-order valence-electron chi connectivity index (χ4n) is 8.76. The van der Waals surface area contributed by atoms with Gasteiger partial charge in [-0.25, -0.2) is 18.6 Å². The molecule has 2 saturated heterocycles. The van der Waals surface area contributed by atoms with E-state index in [-0.39, 0.29) is 36.2 Å². The van der Waals surface area contributed by atoms with Gasteiger partial charge in [-0.15, -0.1) is 0 Å². The molecule has 5 aromatic rings. The molecule has 300 valence electrons. The zero-order valence-corrected chi connectivity index (χ0v) is 31.1. The number of nitrogens with zero attached hydrogens (tertiary/aromatic N) is 6. The van der Waals surface area contributed by atoms with Crippen molar-refractivity contribution in [1.29, 1.82) is 0 Å². The highest BCUT2D eigenvalue weighted by atomic mass is 19.4. The van der Waals surface area contributed by atoms with Crippen molar-refractivity contribution in [3.63, 3.8) is 0 Å². The van der Waals surface area contributed by atoms with Crippen LogP contribution in [0.2, 0.25) is 0 Å². The number of nitrogens with one attached hydrogen (secondary N) is 2. The zero-order chi connectivity index (χ0) is 40.2. The lowest BCUT2D eigenvalue weighted by atomic mass is 9.84. The number of imide groups is 1. The average Bonchev–Trinajstić information content (AvgIpc) is 3.71. The lowest BCUT2D eigenvalue weighted by molar-refractivity contribution is -0.141. The number of benzene rings is 2. The number of halogens is 5. The Kier molecular flexibility index (Phi) is 10.2. The second kappa shape index (κ2) is 15.1. The smallest absolute Gasteiger partial charge is 0.320 e. The third kappa shape index (κ3) is 7.68. The Morgan fingerprint density at radius 3 is 2.40 bits per heavy atom. The standard InChI is InChI=1S/C40H41F5N8O4/c1-50-33-18-24(7-10-31(33)53(39(50)57)32-11-12-35(54)48-38(32)56)23-13-15-51(16-14-23)20-22-5-8-26(9-6-22)52-21-25-17-30(27(36(41)42)19-29(25)49-52)47-37(55)28-3-2-4-34(46-28)40(43,44)45/h2-4,7,10,17-19,21-23,26,32,36H,5-6,8-9,11-16,20H2,1H3,(H,47,55)(H,48,54,56)/t22-,26-,32?. The number of fused-ring (bicyclic) bond motifs is 2. The molecule has 1 atom stereocenters. The van der Waals surface area contributed by atoms with Crippen molar-refractivity contribution in [2.24, 2.45) is 13.0 Å². The molecule has 1 unspecified atom stereocenters. The number of carbonyl (C=O) groups is 3. The number of piperidine rings is 2. The van der Waals surface area contributed by atoms with E-state index >= 15 is 0 Å². The number of pyridine rings is 1. The number of rotatable bonds is 8. The van der Waals surface area contributed by atoms with Crippen LogP contribution >= 0.6 is 0 Å². The van der Waals surface area contributed by atoms with E-state index in [0.717, 1.165) is 87.4 Å². The first-order valence-corrected chi connectivity index (χ1v) is 19.2. The molecule has 0 bridgehead atoms. The number of imidazole rings is 1. The summed E-state index contributed by atoms with van der Waals surface area (Å²) in [6.07, 6.45) is 0.122. The van der Waals surface area contributed by atoms with Crippen LogP contribution in [0.25, 0.3) is 21.9 Å². The molecule has 12 nitrogen and oxygen atoms in total. The minimum atomic E-state index is -4.77. The molecular formula is C40H41F5N8O4. The molecule has 8 rings (SSSR count). The van der Waals surface area contributed by atoms with E-state index in [1.807, 2.05) is 12.1 Å². The maximum absolute atomic E-state index is 14.1. The molecule has 3 aliphatic rings. The number of hydrogen-bond donors (Lipinski definition) is 2. The van der Waals surface area contributed by atoms with Crippen molar-refractivity contribution in [2.45, 2.75) is 82.0 Å². The summed E-state index contributed by atoms with van der Waals surface area (Å²) in [5.41, 5.74) is 0.137. The minimum Gasteiger partial charge on any atom is -0.320 e. The number of carbonyl (C=O) groups excluding carboxylic acids is 3. The summed E-state index contributed by atoms with van der Waals surface area (Å²) in [4.78, 5) is 56.1. The van der Waals surface area contributed by atoms with Gasteiger partial charge in [0.25, 0.3) is 12.3 Å². The van der Waals surface area contributed by atoms with Gasteiger partial charge < -0.3 is 10.2 Å². The van der Waals surface area contributed by atoms with Crippen LogP contribution < -0.4 is 16.3 Å². The Labute approximate surface area is 323 Å². The van der Waals surface area contributed by atoms with Crippen molar-refractivity contribution in [2.75, 3.05) is 25.0 Å². The first-order valence-electron chi connectivity index (χ1n) is 19.2. The summed E-state index contributed by atoms with van der Waals surface area (Å²) < 4.78 is 72.5. The quantitative estimate of drug-likeness (QED) is 0.129. The Bertz CT molecular complexity index is 2420. The Balaban J connectivity index is 0.869. The van der Waals surface area contributed by atoms with E-state index in [1.54, 1.807) is 22.5 Å². The second-order valence-electron chi connectivity index (χ2n) is 15.4. The van der Waals surface area contributed by atoms with Crippen molar-refractivity contribution in [3.05, 3.63) is 87.7 Å². The fraction of sp³-hybridized carbons (Fsp3) is 0.450. The van der Waals surface area contributed by atoms with E-state index in [1.165, 1.54) is 16.7 Å². The molecule has 2 N–H and O–H groups in total. The summed E-state index contributed by atoms with van der Waals surface area (Å²) in [5.74, 6) is -0.983. The predicted octanol–water partition coefficient (Wildman–Crippen LogP) is 6.88. The van der Waals surface area contributed by atoms with Crippen LogP contribution in [0.1, 0.15) is 103 Å². The molecule has 2 aromatic carbocycles.